The van der Waals surface area contributed by atoms with Gasteiger partial charge in [0.15, 0.2) is 11.6 Å². The van der Waals surface area contributed by atoms with Gasteiger partial charge in [0.25, 0.3) is 5.91 Å². The molecule has 5 N–H and O–H groups in total. The highest BCUT2D eigenvalue weighted by Gasteiger charge is 2.35. The second kappa shape index (κ2) is 10.5. The third-order valence-electron chi connectivity index (χ3n) is 4.96. The number of amides is 1. The Morgan fingerprint density at radius 2 is 1.64 bits per heavy atom. The van der Waals surface area contributed by atoms with Crippen molar-refractivity contribution in [3.05, 3.63) is 22.3 Å². The van der Waals surface area contributed by atoms with Crippen LogP contribution in [0.25, 0.3) is 0 Å². The molecule has 1 amide bonds. The van der Waals surface area contributed by atoms with E-state index < -0.39 is 23.5 Å². The Morgan fingerprint density at radius 1 is 1.11 bits per heavy atom. The second-order valence-electron chi connectivity index (χ2n) is 7.08. The number of ketones is 2. The lowest BCUT2D eigenvalue weighted by atomic mass is 9.82. The van der Waals surface area contributed by atoms with E-state index in [0.29, 0.717) is 23.1 Å². The first-order valence-electron chi connectivity index (χ1n) is 8.86. The van der Waals surface area contributed by atoms with Crippen molar-refractivity contribution in [1.82, 2.24) is 5.32 Å². The van der Waals surface area contributed by atoms with Gasteiger partial charge in [-0.1, -0.05) is 0 Å². The lowest BCUT2D eigenvalue weighted by Crippen LogP contribution is -2.51. The molecule has 8 nitrogen and oxygen atoms in total. The number of hydrogen-bond donors (Lipinski definition) is 4. The molecular formula is C19H30N2O6S. The minimum Gasteiger partial charge on any atom is -0.480 e. The van der Waals surface area contributed by atoms with Crippen LogP contribution in [0.1, 0.15) is 53.4 Å². The molecule has 0 heterocycles. The number of carbonyl (C=O) groups excluding carboxylic acids is 3. The number of carboxylic acids is 1. The number of aliphatic hydroxyl groups is 1. The van der Waals surface area contributed by atoms with Crippen LogP contribution in [0.2, 0.25) is 0 Å². The number of nitrogens with one attached hydrogen (secondary N) is 1. The summed E-state index contributed by atoms with van der Waals surface area (Å²) in [6.45, 7) is 6.25. The normalized spacial score (nSPS) is 17.8. The quantitative estimate of drug-likeness (QED) is 0.407. The molecule has 0 radical (unpaired) electrons. The summed E-state index contributed by atoms with van der Waals surface area (Å²) in [5.74, 6) is -2.55. The summed E-state index contributed by atoms with van der Waals surface area (Å²) in [5.41, 5.74) is 4.81. The van der Waals surface area contributed by atoms with E-state index in [9.17, 15) is 24.3 Å². The van der Waals surface area contributed by atoms with Crippen molar-refractivity contribution in [2.75, 3.05) is 6.54 Å². The van der Waals surface area contributed by atoms with Crippen LogP contribution in [-0.4, -0.2) is 51.8 Å². The molecule has 0 saturated carbocycles. The number of allylic oxidation sites excluding steroid dienone is 4. The van der Waals surface area contributed by atoms with Gasteiger partial charge in [-0.3, -0.25) is 14.4 Å². The van der Waals surface area contributed by atoms with Crippen molar-refractivity contribution < 1.29 is 29.4 Å². The van der Waals surface area contributed by atoms with Gasteiger partial charge >= 0.3 is 5.97 Å². The summed E-state index contributed by atoms with van der Waals surface area (Å²) in [7, 11) is 0. The standard InChI is InChI=1S/C19H28N2O6.H2S/c1-10-11(2)16(23)13(12(3)15(10)22)7-8-19(4,27)18(26)21-14(17(24)25)6-5-9-20;/h14,27H,5-9,20H2,1-4H3,(H,21,26)(H,24,25);1H2/t14-,19?;/m0./s1. The molecule has 1 rings (SSSR count). The van der Waals surface area contributed by atoms with Gasteiger partial charge in [0.2, 0.25) is 0 Å². The second-order valence-corrected chi connectivity index (χ2v) is 7.08. The largest absolute Gasteiger partial charge is 0.480 e. The smallest absolute Gasteiger partial charge is 0.326 e. The highest BCUT2D eigenvalue weighted by Crippen LogP contribution is 2.29. The van der Waals surface area contributed by atoms with Crippen LogP contribution in [0.5, 0.6) is 0 Å². The minimum absolute atomic E-state index is 0. The number of carboxylic acid groups (broad SMARTS) is 1. The first-order chi connectivity index (χ1) is 12.4. The summed E-state index contributed by atoms with van der Waals surface area (Å²) in [6.07, 6.45) is 0.462. The predicted molar refractivity (Wildman–Crippen MR) is 109 cm³/mol. The Morgan fingerprint density at radius 3 is 2.14 bits per heavy atom. The van der Waals surface area contributed by atoms with Crippen molar-refractivity contribution in [2.45, 2.75) is 65.0 Å². The van der Waals surface area contributed by atoms with Gasteiger partial charge in [-0.05, 0) is 59.9 Å². The molecule has 1 aliphatic carbocycles. The molecule has 0 saturated heterocycles. The zero-order chi connectivity index (χ0) is 20.9. The highest BCUT2D eigenvalue weighted by molar-refractivity contribution is 7.59. The maximum atomic E-state index is 12.4. The predicted octanol–water partition coefficient (Wildman–Crippen LogP) is 0.743. The molecule has 1 unspecified atom stereocenters. The van der Waals surface area contributed by atoms with Gasteiger partial charge in [-0.15, -0.1) is 0 Å². The van der Waals surface area contributed by atoms with Gasteiger partial charge < -0.3 is 21.3 Å². The van der Waals surface area contributed by atoms with E-state index in [1.807, 2.05) is 0 Å². The fourth-order valence-electron chi connectivity index (χ4n) is 2.83. The lowest BCUT2D eigenvalue weighted by Gasteiger charge is -2.26. The average Bonchev–Trinajstić information content (AvgIpc) is 2.61. The first kappa shape index (κ1) is 26.0. The summed E-state index contributed by atoms with van der Waals surface area (Å²) in [6, 6.07) is -1.15. The summed E-state index contributed by atoms with van der Waals surface area (Å²) >= 11 is 0. The fourth-order valence-corrected chi connectivity index (χ4v) is 2.83. The lowest BCUT2D eigenvalue weighted by molar-refractivity contribution is -0.147. The minimum atomic E-state index is -1.89. The monoisotopic (exact) mass is 414 g/mol. The van der Waals surface area contributed by atoms with Gasteiger partial charge in [0, 0.05) is 22.3 Å². The molecule has 0 aromatic heterocycles. The molecule has 0 bridgehead atoms. The van der Waals surface area contributed by atoms with Crippen molar-refractivity contribution in [2.24, 2.45) is 5.73 Å². The molecule has 0 aromatic carbocycles. The number of nitrogens with two attached hydrogens (primary N) is 1. The van der Waals surface area contributed by atoms with E-state index >= 15 is 0 Å². The van der Waals surface area contributed by atoms with E-state index in [2.05, 4.69) is 5.32 Å². The molecule has 0 fully saturated rings. The number of Topliss-reactive ketones (excluding diaryl/α,β-unsaturated/α-hetero) is 2. The Kier molecular flexibility index (Phi) is 9.80. The van der Waals surface area contributed by atoms with Crippen molar-refractivity contribution >= 4 is 36.9 Å². The topological polar surface area (TPSA) is 147 Å². The molecule has 158 valence electrons. The van der Waals surface area contributed by atoms with E-state index in [-0.39, 0.29) is 56.4 Å². The van der Waals surface area contributed by atoms with E-state index in [4.69, 9.17) is 10.8 Å². The van der Waals surface area contributed by atoms with Gasteiger partial charge in [-0.2, -0.15) is 13.5 Å². The Hall–Kier alpha value is -1.97. The van der Waals surface area contributed by atoms with E-state index in [1.165, 1.54) is 6.92 Å². The van der Waals surface area contributed by atoms with Gasteiger partial charge in [-0.25, -0.2) is 4.79 Å². The maximum absolute atomic E-state index is 12.4. The van der Waals surface area contributed by atoms with E-state index in [1.54, 1.807) is 20.8 Å². The van der Waals surface area contributed by atoms with E-state index in [0.717, 1.165) is 0 Å². The third kappa shape index (κ3) is 6.02. The summed E-state index contributed by atoms with van der Waals surface area (Å²) in [4.78, 5) is 48.2. The van der Waals surface area contributed by atoms with Crippen molar-refractivity contribution in [3.63, 3.8) is 0 Å². The molecule has 9 heteroatoms. The molecule has 2 atom stereocenters. The molecule has 0 aliphatic heterocycles. The Balaban J connectivity index is 0.00000729. The highest BCUT2D eigenvalue weighted by atomic mass is 32.1. The van der Waals surface area contributed by atoms with Crippen molar-refractivity contribution in [1.29, 1.82) is 0 Å². The van der Waals surface area contributed by atoms with Gasteiger partial charge in [0.1, 0.15) is 11.6 Å². The van der Waals surface area contributed by atoms with Crippen LogP contribution < -0.4 is 11.1 Å². The van der Waals surface area contributed by atoms with Crippen LogP contribution >= 0.6 is 13.5 Å². The van der Waals surface area contributed by atoms with Crippen LogP contribution in [0.3, 0.4) is 0 Å². The van der Waals surface area contributed by atoms with Crippen LogP contribution in [0, 0.1) is 0 Å². The first-order valence-corrected chi connectivity index (χ1v) is 8.86. The van der Waals surface area contributed by atoms with Crippen LogP contribution in [0.4, 0.5) is 0 Å². The van der Waals surface area contributed by atoms with Gasteiger partial charge in [0.05, 0.1) is 0 Å². The molecule has 28 heavy (non-hydrogen) atoms. The summed E-state index contributed by atoms with van der Waals surface area (Å²) in [5, 5.41) is 21.9. The number of hydrogen-bond acceptors (Lipinski definition) is 6. The molecule has 0 spiro atoms. The molecular weight excluding hydrogens is 384 g/mol. The van der Waals surface area contributed by atoms with Crippen LogP contribution in [-0.2, 0) is 19.2 Å². The zero-order valence-corrected chi connectivity index (χ0v) is 17.7. The Bertz CT molecular complexity index is 724. The molecule has 1 aliphatic rings. The van der Waals surface area contributed by atoms with Crippen LogP contribution in [0.15, 0.2) is 22.3 Å². The molecule has 0 aromatic rings. The average molecular weight is 415 g/mol. The summed E-state index contributed by atoms with van der Waals surface area (Å²) < 4.78 is 0. The third-order valence-corrected chi connectivity index (χ3v) is 4.96. The SMILES string of the molecule is CC1=C(C)C(=O)C(CCC(C)(O)C(=O)N[C@@H](CCCN)C(=O)O)=C(C)C1=O.S. The number of rotatable bonds is 9. The van der Waals surface area contributed by atoms with Crippen molar-refractivity contribution in [3.8, 4) is 0 Å². The zero-order valence-electron chi connectivity index (χ0n) is 16.7. The Labute approximate surface area is 171 Å². The maximum Gasteiger partial charge on any atom is 0.326 e. The fraction of sp³-hybridized carbons (Fsp3) is 0.579. The number of carbonyl (C=O) groups is 4. The number of aliphatic carboxylic acids is 1.